The summed E-state index contributed by atoms with van der Waals surface area (Å²) in [6.45, 7) is 0. The lowest BCUT2D eigenvalue weighted by atomic mass is 10.1. The third-order valence-electron chi connectivity index (χ3n) is 3.39. The minimum absolute atomic E-state index is 0.390. The highest BCUT2D eigenvalue weighted by Crippen LogP contribution is 2.32. The van der Waals surface area contributed by atoms with Crippen molar-refractivity contribution in [3.8, 4) is 0 Å². The van der Waals surface area contributed by atoms with Gasteiger partial charge in [-0.25, -0.2) is 4.98 Å². The van der Waals surface area contributed by atoms with Gasteiger partial charge in [-0.2, -0.15) is 13.2 Å². The molecule has 2 N–H and O–H groups in total. The normalized spacial score (nSPS) is 11.7. The fourth-order valence-electron chi connectivity index (χ4n) is 2.29. The standard InChI is InChI=1S/C16H12F3N3OS/c1-24-15-21-12-7-6-9(8-13(12)22-15)20-14(23)10-4-2-3-5-11(10)16(17,18)19/h2-8H,1H3,(H,20,23)(H,21,22). The van der Waals surface area contributed by atoms with E-state index >= 15 is 0 Å². The molecule has 0 aliphatic rings. The average Bonchev–Trinajstić information content (AvgIpc) is 2.96. The zero-order valence-corrected chi connectivity index (χ0v) is 13.3. The van der Waals surface area contributed by atoms with Gasteiger partial charge in [0.1, 0.15) is 0 Å². The number of carbonyl (C=O) groups is 1. The Morgan fingerprint density at radius 1 is 1.21 bits per heavy atom. The molecule has 0 unspecified atom stereocenters. The van der Waals surface area contributed by atoms with Gasteiger partial charge in [0, 0.05) is 5.69 Å². The van der Waals surface area contributed by atoms with Gasteiger partial charge in [0.25, 0.3) is 5.91 Å². The lowest BCUT2D eigenvalue weighted by Gasteiger charge is -2.12. The summed E-state index contributed by atoms with van der Waals surface area (Å²) in [5, 5.41) is 3.22. The number of fused-ring (bicyclic) bond motifs is 1. The Morgan fingerprint density at radius 2 is 1.96 bits per heavy atom. The Hall–Kier alpha value is -2.48. The molecule has 2 aromatic carbocycles. The molecule has 0 bridgehead atoms. The third kappa shape index (κ3) is 3.23. The van der Waals surface area contributed by atoms with Crippen molar-refractivity contribution >= 4 is 34.4 Å². The van der Waals surface area contributed by atoms with Crippen LogP contribution in [0.15, 0.2) is 47.6 Å². The molecule has 3 rings (SSSR count). The van der Waals surface area contributed by atoms with Crippen LogP contribution in [-0.4, -0.2) is 22.1 Å². The average molecular weight is 351 g/mol. The summed E-state index contributed by atoms with van der Waals surface area (Å²) < 4.78 is 39.0. The number of hydrogen-bond donors (Lipinski definition) is 2. The second kappa shape index (κ2) is 6.20. The highest BCUT2D eigenvalue weighted by Gasteiger charge is 2.34. The van der Waals surface area contributed by atoms with Crippen molar-refractivity contribution in [2.45, 2.75) is 11.3 Å². The molecule has 4 nitrogen and oxygen atoms in total. The van der Waals surface area contributed by atoms with Crippen LogP contribution >= 0.6 is 11.8 Å². The van der Waals surface area contributed by atoms with E-state index in [0.717, 1.165) is 17.3 Å². The largest absolute Gasteiger partial charge is 0.417 e. The highest BCUT2D eigenvalue weighted by molar-refractivity contribution is 7.98. The van der Waals surface area contributed by atoms with Crippen molar-refractivity contribution in [1.82, 2.24) is 9.97 Å². The number of amides is 1. The van der Waals surface area contributed by atoms with Gasteiger partial charge in [-0.05, 0) is 36.6 Å². The van der Waals surface area contributed by atoms with Crippen molar-refractivity contribution < 1.29 is 18.0 Å². The van der Waals surface area contributed by atoms with Crippen LogP contribution in [0.5, 0.6) is 0 Å². The maximum Gasteiger partial charge on any atom is 0.417 e. The topological polar surface area (TPSA) is 57.8 Å². The molecule has 1 amide bonds. The van der Waals surface area contributed by atoms with Crippen LogP contribution in [0.2, 0.25) is 0 Å². The second-order valence-electron chi connectivity index (χ2n) is 4.98. The number of imidazole rings is 1. The number of alkyl halides is 3. The summed E-state index contributed by atoms with van der Waals surface area (Å²) in [6.07, 6.45) is -2.72. The molecule has 0 atom stereocenters. The molecule has 0 saturated carbocycles. The van der Waals surface area contributed by atoms with Crippen LogP contribution in [-0.2, 0) is 6.18 Å². The Morgan fingerprint density at radius 3 is 2.67 bits per heavy atom. The van der Waals surface area contributed by atoms with Crippen LogP contribution in [0.25, 0.3) is 11.0 Å². The Labute approximate surface area is 139 Å². The van der Waals surface area contributed by atoms with E-state index in [1.165, 1.54) is 23.9 Å². The number of benzene rings is 2. The van der Waals surface area contributed by atoms with Crippen LogP contribution in [0.1, 0.15) is 15.9 Å². The maximum atomic E-state index is 13.0. The maximum absolute atomic E-state index is 13.0. The number of aromatic nitrogens is 2. The van der Waals surface area contributed by atoms with Gasteiger partial charge < -0.3 is 10.3 Å². The molecular weight excluding hydrogens is 339 g/mol. The van der Waals surface area contributed by atoms with E-state index in [2.05, 4.69) is 15.3 Å². The van der Waals surface area contributed by atoms with Crippen LogP contribution in [0.4, 0.5) is 18.9 Å². The lowest BCUT2D eigenvalue weighted by Crippen LogP contribution is -2.18. The first-order valence-electron chi connectivity index (χ1n) is 6.90. The zero-order chi connectivity index (χ0) is 17.3. The van der Waals surface area contributed by atoms with Gasteiger partial charge in [0.05, 0.1) is 22.2 Å². The van der Waals surface area contributed by atoms with Crippen molar-refractivity contribution in [3.63, 3.8) is 0 Å². The van der Waals surface area contributed by atoms with Crippen LogP contribution in [0.3, 0.4) is 0 Å². The van der Waals surface area contributed by atoms with Crippen molar-refractivity contribution in [3.05, 3.63) is 53.6 Å². The van der Waals surface area contributed by atoms with Crippen molar-refractivity contribution in [2.75, 3.05) is 11.6 Å². The summed E-state index contributed by atoms with van der Waals surface area (Å²) >= 11 is 1.44. The number of nitrogens with zero attached hydrogens (tertiary/aromatic N) is 1. The molecule has 0 saturated heterocycles. The minimum Gasteiger partial charge on any atom is -0.333 e. The van der Waals surface area contributed by atoms with Crippen molar-refractivity contribution in [1.29, 1.82) is 0 Å². The number of aromatic amines is 1. The highest BCUT2D eigenvalue weighted by atomic mass is 32.2. The molecule has 1 heterocycles. The monoisotopic (exact) mass is 351 g/mol. The third-order valence-corrected chi connectivity index (χ3v) is 3.97. The lowest BCUT2D eigenvalue weighted by molar-refractivity contribution is -0.137. The molecule has 124 valence electrons. The van der Waals surface area contributed by atoms with E-state index in [-0.39, 0.29) is 0 Å². The van der Waals surface area contributed by atoms with E-state index in [0.29, 0.717) is 16.7 Å². The molecule has 0 spiro atoms. The quantitative estimate of drug-likeness (QED) is 0.680. The zero-order valence-electron chi connectivity index (χ0n) is 12.4. The Bertz CT molecular complexity index is 905. The first-order valence-corrected chi connectivity index (χ1v) is 8.12. The van der Waals surface area contributed by atoms with Gasteiger partial charge in [-0.1, -0.05) is 23.9 Å². The molecule has 0 aliphatic carbocycles. The van der Waals surface area contributed by atoms with Gasteiger partial charge in [0.2, 0.25) is 0 Å². The minimum atomic E-state index is -4.59. The van der Waals surface area contributed by atoms with Crippen LogP contribution < -0.4 is 5.32 Å². The SMILES string of the molecule is CSc1nc2ccc(NC(=O)c3ccccc3C(F)(F)F)cc2[nH]1. The Kier molecular flexibility index (Phi) is 4.23. The summed E-state index contributed by atoms with van der Waals surface area (Å²) in [7, 11) is 0. The molecular formula is C16H12F3N3OS. The van der Waals surface area contributed by atoms with Gasteiger partial charge in [-0.15, -0.1) is 0 Å². The van der Waals surface area contributed by atoms with E-state index in [9.17, 15) is 18.0 Å². The molecule has 0 radical (unpaired) electrons. The van der Waals surface area contributed by atoms with Gasteiger partial charge in [0.15, 0.2) is 5.16 Å². The fraction of sp³-hybridized carbons (Fsp3) is 0.125. The predicted molar refractivity (Wildman–Crippen MR) is 87.3 cm³/mol. The molecule has 8 heteroatoms. The number of thioether (sulfide) groups is 1. The predicted octanol–water partition coefficient (Wildman–Crippen LogP) is 4.56. The number of anilines is 1. The fourth-order valence-corrected chi connectivity index (χ4v) is 2.69. The summed E-state index contributed by atoms with van der Waals surface area (Å²) in [5.41, 5.74) is 0.421. The number of carbonyl (C=O) groups excluding carboxylic acids is 1. The molecule has 1 aromatic heterocycles. The number of rotatable bonds is 3. The smallest absolute Gasteiger partial charge is 0.333 e. The van der Waals surface area contributed by atoms with E-state index in [1.807, 2.05) is 6.26 Å². The van der Waals surface area contributed by atoms with E-state index in [4.69, 9.17) is 0 Å². The van der Waals surface area contributed by atoms with Gasteiger partial charge >= 0.3 is 6.18 Å². The first-order chi connectivity index (χ1) is 11.4. The molecule has 0 aliphatic heterocycles. The van der Waals surface area contributed by atoms with E-state index in [1.54, 1.807) is 18.2 Å². The summed E-state index contributed by atoms with van der Waals surface area (Å²) in [6, 6.07) is 9.61. The summed E-state index contributed by atoms with van der Waals surface area (Å²) in [4.78, 5) is 19.6. The van der Waals surface area contributed by atoms with Crippen molar-refractivity contribution in [2.24, 2.45) is 0 Å². The van der Waals surface area contributed by atoms with Crippen LogP contribution in [0, 0.1) is 0 Å². The molecule has 3 aromatic rings. The van der Waals surface area contributed by atoms with Gasteiger partial charge in [-0.3, -0.25) is 4.79 Å². The molecule has 24 heavy (non-hydrogen) atoms. The number of hydrogen-bond acceptors (Lipinski definition) is 3. The van der Waals surface area contributed by atoms with E-state index < -0.39 is 23.2 Å². The Balaban J connectivity index is 1.90. The second-order valence-corrected chi connectivity index (χ2v) is 5.77. The first kappa shape index (κ1) is 16.4. The number of halogens is 3. The molecule has 0 fully saturated rings. The number of H-pyrrole nitrogens is 1. The number of nitrogens with one attached hydrogen (secondary N) is 2. The summed E-state index contributed by atoms with van der Waals surface area (Å²) in [5.74, 6) is -0.813.